The van der Waals surface area contributed by atoms with E-state index in [1.165, 1.54) is 26.4 Å². The van der Waals surface area contributed by atoms with Crippen molar-refractivity contribution in [2.75, 3.05) is 39.9 Å². The van der Waals surface area contributed by atoms with Crippen LogP contribution in [-0.4, -0.2) is 51.5 Å². The van der Waals surface area contributed by atoms with Gasteiger partial charge in [0.25, 0.3) is 5.91 Å². The van der Waals surface area contributed by atoms with E-state index in [1.54, 1.807) is 31.4 Å². The molecule has 0 saturated heterocycles. The van der Waals surface area contributed by atoms with Gasteiger partial charge in [-0.05, 0) is 30.3 Å². The van der Waals surface area contributed by atoms with E-state index in [9.17, 15) is 14.7 Å². The Morgan fingerprint density at radius 1 is 1.00 bits per heavy atom. The lowest BCUT2D eigenvalue weighted by atomic mass is 10.1. The molecule has 2 rings (SSSR count). The predicted octanol–water partition coefficient (Wildman–Crippen LogP) is 3.07. The summed E-state index contributed by atoms with van der Waals surface area (Å²) < 4.78 is 21.0. The minimum absolute atomic E-state index is 0.0387. The van der Waals surface area contributed by atoms with Gasteiger partial charge in [-0.2, -0.15) is 0 Å². The van der Waals surface area contributed by atoms with Crippen molar-refractivity contribution < 1.29 is 33.6 Å². The lowest BCUT2D eigenvalue weighted by molar-refractivity contribution is 0.0696. The van der Waals surface area contributed by atoms with Crippen molar-refractivity contribution in [3.63, 3.8) is 0 Å². The summed E-state index contributed by atoms with van der Waals surface area (Å²) in [5.41, 5.74) is 0.504. The van der Waals surface area contributed by atoms with E-state index in [0.29, 0.717) is 24.5 Å². The molecule has 150 valence electrons. The molecule has 0 radical (unpaired) electrons. The summed E-state index contributed by atoms with van der Waals surface area (Å²) in [5, 5.41) is 11.9. The van der Waals surface area contributed by atoms with Crippen LogP contribution in [0.3, 0.4) is 0 Å². The Morgan fingerprint density at radius 2 is 1.79 bits per heavy atom. The summed E-state index contributed by atoms with van der Waals surface area (Å²) in [6.07, 6.45) is 0.728. The first-order valence-corrected chi connectivity index (χ1v) is 8.52. The van der Waals surface area contributed by atoms with Crippen LogP contribution in [0.25, 0.3) is 0 Å². The average molecular weight is 389 g/mol. The molecular weight excluding hydrogens is 366 g/mol. The molecule has 2 aromatic carbocycles. The predicted molar refractivity (Wildman–Crippen MR) is 103 cm³/mol. The van der Waals surface area contributed by atoms with Crippen molar-refractivity contribution in [1.82, 2.24) is 0 Å². The monoisotopic (exact) mass is 389 g/mol. The zero-order valence-corrected chi connectivity index (χ0v) is 16.0. The molecule has 0 bridgehead atoms. The average Bonchev–Trinajstić information content (AvgIpc) is 2.70. The van der Waals surface area contributed by atoms with Crippen LogP contribution in [0.1, 0.15) is 27.1 Å². The number of hydrogen-bond acceptors (Lipinski definition) is 6. The Labute approximate surface area is 163 Å². The van der Waals surface area contributed by atoms with Crippen molar-refractivity contribution >= 4 is 17.6 Å². The van der Waals surface area contributed by atoms with Gasteiger partial charge >= 0.3 is 5.97 Å². The molecule has 2 N–H and O–H groups in total. The highest BCUT2D eigenvalue weighted by atomic mass is 16.5. The van der Waals surface area contributed by atoms with Crippen molar-refractivity contribution in [3.05, 3.63) is 47.5 Å². The molecule has 1 amide bonds. The molecule has 0 aliphatic carbocycles. The number of benzene rings is 2. The Bertz CT molecular complexity index is 835. The normalized spacial score (nSPS) is 10.2. The van der Waals surface area contributed by atoms with Gasteiger partial charge in [-0.15, -0.1) is 0 Å². The van der Waals surface area contributed by atoms with Gasteiger partial charge in [-0.3, -0.25) is 4.79 Å². The van der Waals surface area contributed by atoms with Gasteiger partial charge in [-0.25, -0.2) is 4.79 Å². The lowest BCUT2D eigenvalue weighted by Crippen LogP contribution is -2.14. The molecule has 2 aromatic rings. The highest BCUT2D eigenvalue weighted by Gasteiger charge is 2.18. The number of methoxy groups -OCH3 is 3. The van der Waals surface area contributed by atoms with E-state index in [-0.39, 0.29) is 22.7 Å². The largest absolute Gasteiger partial charge is 0.493 e. The van der Waals surface area contributed by atoms with Crippen LogP contribution in [0.15, 0.2) is 36.4 Å². The van der Waals surface area contributed by atoms with Gasteiger partial charge in [0.2, 0.25) is 0 Å². The van der Waals surface area contributed by atoms with E-state index in [4.69, 9.17) is 18.9 Å². The number of aromatic carboxylic acids is 1. The number of amides is 1. The molecule has 8 heteroatoms. The third kappa shape index (κ3) is 5.37. The molecule has 0 aromatic heterocycles. The molecule has 0 saturated carbocycles. The van der Waals surface area contributed by atoms with E-state index in [0.717, 1.165) is 6.42 Å². The number of anilines is 1. The van der Waals surface area contributed by atoms with Gasteiger partial charge in [0, 0.05) is 25.7 Å². The molecule has 0 aliphatic rings. The smallest absolute Gasteiger partial charge is 0.335 e. The first-order chi connectivity index (χ1) is 13.5. The Balaban J connectivity index is 2.22. The van der Waals surface area contributed by atoms with Gasteiger partial charge in [0.05, 0.1) is 32.1 Å². The molecule has 0 fully saturated rings. The maximum absolute atomic E-state index is 12.7. The van der Waals surface area contributed by atoms with E-state index >= 15 is 0 Å². The quantitative estimate of drug-likeness (QED) is 0.602. The first kappa shape index (κ1) is 21.0. The molecule has 0 atom stereocenters. The Morgan fingerprint density at radius 3 is 2.43 bits per heavy atom. The summed E-state index contributed by atoms with van der Waals surface area (Å²) in [4.78, 5) is 24.0. The second-order valence-electron chi connectivity index (χ2n) is 5.74. The number of carboxylic acids is 1. The number of hydrogen-bond donors (Lipinski definition) is 2. The highest BCUT2D eigenvalue weighted by Crippen LogP contribution is 2.37. The van der Waals surface area contributed by atoms with Gasteiger partial charge in [0.15, 0.2) is 11.5 Å². The van der Waals surface area contributed by atoms with Gasteiger partial charge in [-0.1, -0.05) is 6.07 Å². The Kier molecular flexibility index (Phi) is 7.65. The standard InChI is InChI=1S/C20H23NO7/c1-25-8-5-9-28-15-7-4-6-13(10-15)19(22)21-16-11-14(20(23)24)12-17(26-2)18(16)27-3/h4,6-7,10-12H,5,8-9H2,1-3H3,(H,21,22)(H,23,24). The summed E-state index contributed by atoms with van der Waals surface area (Å²) in [6, 6.07) is 9.32. The van der Waals surface area contributed by atoms with Crippen molar-refractivity contribution in [2.24, 2.45) is 0 Å². The maximum atomic E-state index is 12.7. The molecule has 28 heavy (non-hydrogen) atoms. The fourth-order valence-corrected chi connectivity index (χ4v) is 2.50. The number of rotatable bonds is 10. The SMILES string of the molecule is COCCCOc1cccc(C(=O)Nc2cc(C(=O)O)cc(OC)c2OC)c1. The number of nitrogens with one attached hydrogen (secondary N) is 1. The third-order valence-electron chi connectivity index (χ3n) is 3.83. The highest BCUT2D eigenvalue weighted by molar-refractivity contribution is 6.06. The number of carboxylic acid groups (broad SMARTS) is 1. The van der Waals surface area contributed by atoms with Crippen LogP contribution in [0.4, 0.5) is 5.69 Å². The Hall–Kier alpha value is -3.26. The first-order valence-electron chi connectivity index (χ1n) is 8.52. The molecule has 0 unspecified atom stereocenters. The number of carbonyl (C=O) groups is 2. The summed E-state index contributed by atoms with van der Waals surface area (Å²) in [6.45, 7) is 1.05. The minimum Gasteiger partial charge on any atom is -0.493 e. The minimum atomic E-state index is -1.15. The molecule has 0 spiro atoms. The molecular formula is C20H23NO7. The summed E-state index contributed by atoms with van der Waals surface area (Å²) in [5.74, 6) is -0.610. The van der Waals surface area contributed by atoms with Crippen molar-refractivity contribution in [2.45, 2.75) is 6.42 Å². The van der Waals surface area contributed by atoms with Crippen molar-refractivity contribution in [1.29, 1.82) is 0 Å². The summed E-state index contributed by atoms with van der Waals surface area (Å²) >= 11 is 0. The second-order valence-corrected chi connectivity index (χ2v) is 5.74. The molecule has 8 nitrogen and oxygen atoms in total. The maximum Gasteiger partial charge on any atom is 0.335 e. The third-order valence-corrected chi connectivity index (χ3v) is 3.83. The van der Waals surface area contributed by atoms with E-state index in [1.807, 2.05) is 0 Å². The fourth-order valence-electron chi connectivity index (χ4n) is 2.50. The zero-order chi connectivity index (χ0) is 20.5. The topological polar surface area (TPSA) is 103 Å². The van der Waals surface area contributed by atoms with Crippen LogP contribution in [0.2, 0.25) is 0 Å². The van der Waals surface area contributed by atoms with E-state index < -0.39 is 11.9 Å². The van der Waals surface area contributed by atoms with Crippen LogP contribution >= 0.6 is 0 Å². The molecule has 0 heterocycles. The molecule has 0 aliphatic heterocycles. The van der Waals surface area contributed by atoms with Crippen LogP contribution in [0, 0.1) is 0 Å². The number of ether oxygens (including phenoxy) is 4. The zero-order valence-electron chi connectivity index (χ0n) is 16.0. The van der Waals surface area contributed by atoms with Crippen LogP contribution < -0.4 is 19.5 Å². The van der Waals surface area contributed by atoms with Gasteiger partial charge in [0.1, 0.15) is 5.75 Å². The lowest BCUT2D eigenvalue weighted by Gasteiger charge is -2.15. The summed E-state index contributed by atoms with van der Waals surface area (Å²) in [7, 11) is 4.41. The van der Waals surface area contributed by atoms with E-state index in [2.05, 4.69) is 5.32 Å². The van der Waals surface area contributed by atoms with Crippen molar-refractivity contribution in [3.8, 4) is 17.2 Å². The van der Waals surface area contributed by atoms with Crippen LogP contribution in [0.5, 0.6) is 17.2 Å². The van der Waals surface area contributed by atoms with Crippen LogP contribution in [-0.2, 0) is 4.74 Å². The van der Waals surface area contributed by atoms with Gasteiger partial charge < -0.3 is 29.4 Å². The second kappa shape index (κ2) is 10.2. The number of carbonyl (C=O) groups excluding carboxylic acids is 1. The fraction of sp³-hybridized carbons (Fsp3) is 0.300.